The molecule has 0 aromatic carbocycles. The molecular weight excluding hydrogens is 298 g/mol. The molecule has 1 heterocycles. The first kappa shape index (κ1) is 13.7. The highest BCUT2D eigenvalue weighted by molar-refractivity contribution is 9.09. The second kappa shape index (κ2) is 5.51. The van der Waals surface area contributed by atoms with Gasteiger partial charge in [0.2, 0.25) is 11.8 Å². The number of rotatable bonds is 4. The van der Waals surface area contributed by atoms with Crippen LogP contribution in [0.15, 0.2) is 0 Å². The molecule has 1 saturated carbocycles. The van der Waals surface area contributed by atoms with E-state index in [1.54, 1.807) is 0 Å². The number of carbonyl (C=O) groups excluding carboxylic acids is 3. The Morgan fingerprint density at radius 1 is 1.06 bits per heavy atom. The first-order chi connectivity index (χ1) is 8.56. The molecule has 2 fully saturated rings. The summed E-state index contributed by atoms with van der Waals surface area (Å²) in [4.78, 5) is 36.9. The summed E-state index contributed by atoms with van der Waals surface area (Å²) in [5.41, 5.74) is -0.336. The number of Topliss-reactive ketones (excluding diaryl/α,β-unsaturated/α-hetero) is 1. The Bertz CT molecular complexity index is 362. The molecule has 0 radical (unpaired) electrons. The van der Waals surface area contributed by atoms with Gasteiger partial charge in [-0.3, -0.25) is 19.3 Å². The summed E-state index contributed by atoms with van der Waals surface area (Å²) in [5, 5.41) is 0.891. The number of alkyl halides is 1. The Kier molecular flexibility index (Phi) is 4.20. The van der Waals surface area contributed by atoms with E-state index < -0.39 is 0 Å². The molecule has 0 atom stereocenters. The summed E-state index contributed by atoms with van der Waals surface area (Å²) in [7, 11) is 0. The third-order valence-electron chi connectivity index (χ3n) is 3.93. The van der Waals surface area contributed by atoms with Gasteiger partial charge in [-0.2, -0.15) is 0 Å². The number of likely N-dealkylation sites (tertiary alicyclic amines) is 1. The van der Waals surface area contributed by atoms with Gasteiger partial charge in [0, 0.05) is 37.6 Å². The van der Waals surface area contributed by atoms with Crippen molar-refractivity contribution in [2.24, 2.45) is 5.41 Å². The van der Waals surface area contributed by atoms with Crippen LogP contribution in [0.3, 0.4) is 0 Å². The fourth-order valence-corrected chi connectivity index (χ4v) is 3.35. The zero-order chi connectivity index (χ0) is 13.2. The lowest BCUT2D eigenvalue weighted by Crippen LogP contribution is -2.47. The van der Waals surface area contributed by atoms with E-state index >= 15 is 0 Å². The second-order valence-electron chi connectivity index (χ2n) is 5.40. The highest BCUT2D eigenvalue weighted by atomic mass is 79.9. The molecule has 0 N–H and O–H groups in total. The van der Waals surface area contributed by atoms with E-state index in [0.29, 0.717) is 38.6 Å². The lowest BCUT2D eigenvalue weighted by Gasteiger charge is -2.36. The zero-order valence-electron chi connectivity index (χ0n) is 10.4. The van der Waals surface area contributed by atoms with Crippen molar-refractivity contribution in [3.8, 4) is 0 Å². The van der Waals surface area contributed by atoms with Crippen LogP contribution in [-0.4, -0.2) is 34.4 Å². The summed E-state index contributed by atoms with van der Waals surface area (Å²) in [5.74, 6) is 0.0226. The maximum Gasteiger partial charge on any atom is 0.229 e. The van der Waals surface area contributed by atoms with Gasteiger partial charge in [-0.1, -0.05) is 15.9 Å². The standard InChI is InChI=1S/C13H18BrNO3/c14-5-1-2-6-15-11(17)8-13(9-12(15)18)4-3-10(16)7-13/h1-9H2. The molecule has 5 heteroatoms. The van der Waals surface area contributed by atoms with E-state index in [-0.39, 0.29) is 23.0 Å². The molecule has 1 saturated heterocycles. The summed E-state index contributed by atoms with van der Waals surface area (Å²) < 4.78 is 0. The number of imide groups is 1. The summed E-state index contributed by atoms with van der Waals surface area (Å²) in [6, 6.07) is 0. The lowest BCUT2D eigenvalue weighted by atomic mass is 9.76. The Labute approximate surface area is 115 Å². The maximum atomic E-state index is 12.0. The molecule has 1 spiro atoms. The number of nitrogens with zero attached hydrogens (tertiary/aromatic N) is 1. The predicted molar refractivity (Wildman–Crippen MR) is 70.3 cm³/mol. The SMILES string of the molecule is O=C1CCC2(C1)CC(=O)N(CCCCBr)C(=O)C2. The Morgan fingerprint density at radius 3 is 2.22 bits per heavy atom. The van der Waals surface area contributed by atoms with Crippen LogP contribution in [0, 0.1) is 5.41 Å². The van der Waals surface area contributed by atoms with Crippen molar-refractivity contribution < 1.29 is 14.4 Å². The van der Waals surface area contributed by atoms with Gasteiger partial charge in [-0.25, -0.2) is 0 Å². The highest BCUT2D eigenvalue weighted by Gasteiger charge is 2.47. The third kappa shape index (κ3) is 2.82. The quantitative estimate of drug-likeness (QED) is 0.453. The Hall–Kier alpha value is -0.710. The Balaban J connectivity index is 1.97. The zero-order valence-corrected chi connectivity index (χ0v) is 12.0. The molecule has 4 nitrogen and oxygen atoms in total. The lowest BCUT2D eigenvalue weighted by molar-refractivity contribution is -0.153. The molecule has 100 valence electrons. The topological polar surface area (TPSA) is 54.5 Å². The summed E-state index contributed by atoms with van der Waals surface area (Å²) in [6.45, 7) is 0.521. The minimum atomic E-state index is -0.336. The van der Waals surface area contributed by atoms with Crippen LogP contribution in [-0.2, 0) is 14.4 Å². The molecule has 0 bridgehead atoms. The minimum absolute atomic E-state index is 0.0875. The molecule has 1 aliphatic carbocycles. The number of hydrogen-bond acceptors (Lipinski definition) is 3. The van der Waals surface area contributed by atoms with Crippen LogP contribution >= 0.6 is 15.9 Å². The van der Waals surface area contributed by atoms with Crippen molar-refractivity contribution in [3.63, 3.8) is 0 Å². The average molecular weight is 316 g/mol. The number of hydrogen-bond donors (Lipinski definition) is 0. The number of piperidine rings is 1. The number of carbonyl (C=O) groups is 3. The van der Waals surface area contributed by atoms with Crippen LogP contribution in [0.1, 0.15) is 44.9 Å². The monoisotopic (exact) mass is 315 g/mol. The van der Waals surface area contributed by atoms with Gasteiger partial charge in [-0.15, -0.1) is 0 Å². The van der Waals surface area contributed by atoms with Crippen LogP contribution in [0.2, 0.25) is 0 Å². The smallest absolute Gasteiger partial charge is 0.229 e. The number of ketones is 1. The van der Waals surface area contributed by atoms with Crippen molar-refractivity contribution >= 4 is 33.5 Å². The van der Waals surface area contributed by atoms with Crippen molar-refractivity contribution in [2.75, 3.05) is 11.9 Å². The van der Waals surface area contributed by atoms with Crippen LogP contribution < -0.4 is 0 Å². The number of amides is 2. The van der Waals surface area contributed by atoms with Gasteiger partial charge < -0.3 is 0 Å². The van der Waals surface area contributed by atoms with Gasteiger partial charge in [0.05, 0.1) is 0 Å². The van der Waals surface area contributed by atoms with E-state index in [0.717, 1.165) is 18.2 Å². The first-order valence-electron chi connectivity index (χ1n) is 6.47. The van der Waals surface area contributed by atoms with E-state index in [1.807, 2.05) is 0 Å². The molecular formula is C13H18BrNO3. The molecule has 2 amide bonds. The van der Waals surface area contributed by atoms with E-state index in [9.17, 15) is 14.4 Å². The highest BCUT2D eigenvalue weighted by Crippen LogP contribution is 2.45. The normalized spacial score (nSPS) is 23.2. The second-order valence-corrected chi connectivity index (χ2v) is 6.20. The summed E-state index contributed by atoms with van der Waals surface area (Å²) >= 11 is 3.33. The third-order valence-corrected chi connectivity index (χ3v) is 4.49. The van der Waals surface area contributed by atoms with E-state index in [1.165, 1.54) is 4.90 Å². The molecule has 18 heavy (non-hydrogen) atoms. The number of unbranched alkanes of at least 4 members (excludes halogenated alkanes) is 1. The fourth-order valence-electron chi connectivity index (χ4n) is 2.95. The average Bonchev–Trinajstić information content (AvgIpc) is 2.64. The van der Waals surface area contributed by atoms with E-state index in [2.05, 4.69) is 15.9 Å². The Morgan fingerprint density at radius 2 is 1.72 bits per heavy atom. The molecule has 0 aromatic rings. The van der Waals surface area contributed by atoms with Gasteiger partial charge >= 0.3 is 0 Å². The van der Waals surface area contributed by atoms with Gasteiger partial charge in [0.25, 0.3) is 0 Å². The minimum Gasteiger partial charge on any atom is -0.300 e. The fraction of sp³-hybridized carbons (Fsp3) is 0.769. The molecule has 2 aliphatic rings. The van der Waals surface area contributed by atoms with Gasteiger partial charge in [0.15, 0.2) is 0 Å². The van der Waals surface area contributed by atoms with Crippen LogP contribution in [0.5, 0.6) is 0 Å². The molecule has 1 aliphatic heterocycles. The van der Waals surface area contributed by atoms with E-state index in [4.69, 9.17) is 0 Å². The van der Waals surface area contributed by atoms with Crippen molar-refractivity contribution in [1.82, 2.24) is 4.90 Å². The molecule has 0 aromatic heterocycles. The van der Waals surface area contributed by atoms with Crippen LogP contribution in [0.4, 0.5) is 0 Å². The van der Waals surface area contributed by atoms with Crippen LogP contribution in [0.25, 0.3) is 0 Å². The number of halogens is 1. The molecule has 0 unspecified atom stereocenters. The van der Waals surface area contributed by atoms with Gasteiger partial charge in [-0.05, 0) is 24.7 Å². The van der Waals surface area contributed by atoms with Gasteiger partial charge in [0.1, 0.15) is 5.78 Å². The maximum absolute atomic E-state index is 12.0. The summed E-state index contributed by atoms with van der Waals surface area (Å²) in [6.07, 6.45) is 4.20. The van der Waals surface area contributed by atoms with Crippen molar-refractivity contribution in [3.05, 3.63) is 0 Å². The largest absolute Gasteiger partial charge is 0.300 e. The van der Waals surface area contributed by atoms with Crippen molar-refractivity contribution in [2.45, 2.75) is 44.9 Å². The molecule has 2 rings (SSSR count). The van der Waals surface area contributed by atoms with Crippen molar-refractivity contribution in [1.29, 1.82) is 0 Å². The first-order valence-corrected chi connectivity index (χ1v) is 7.59. The predicted octanol–water partition coefficient (Wildman–Crippen LogP) is 2.05.